The minimum atomic E-state index is -0.208. The number of amides is 1. The van der Waals surface area contributed by atoms with Crippen molar-refractivity contribution >= 4 is 50.5 Å². The molecule has 0 aromatic carbocycles. The molecule has 118 valence electrons. The van der Waals surface area contributed by atoms with Gasteiger partial charge < -0.3 is 20.3 Å². The number of hydrogen-bond donors (Lipinski definition) is 2. The lowest BCUT2D eigenvalue weighted by Gasteiger charge is -2.34. The second-order valence-electron chi connectivity index (χ2n) is 5.14. The van der Waals surface area contributed by atoms with E-state index in [4.69, 9.17) is 17.0 Å². The van der Waals surface area contributed by atoms with Crippen molar-refractivity contribution in [1.82, 2.24) is 15.5 Å². The van der Waals surface area contributed by atoms with E-state index in [0.717, 1.165) is 20.6 Å². The van der Waals surface area contributed by atoms with E-state index in [1.54, 1.807) is 11.3 Å². The Bertz CT molecular complexity index is 638. The molecule has 0 radical (unpaired) electrons. The van der Waals surface area contributed by atoms with Crippen LogP contribution in [0.1, 0.15) is 17.8 Å². The number of halogens is 1. The van der Waals surface area contributed by atoms with Gasteiger partial charge in [0.1, 0.15) is 0 Å². The molecule has 0 aliphatic carbocycles. The lowest BCUT2D eigenvalue weighted by molar-refractivity contribution is -0.131. The second-order valence-corrected chi connectivity index (χ2v) is 7.41. The molecule has 3 rings (SSSR count). The monoisotopic (exact) mass is 401 g/mol. The van der Waals surface area contributed by atoms with E-state index in [2.05, 4.69) is 26.6 Å². The maximum Gasteiger partial charge on any atom is 0.254 e. The highest BCUT2D eigenvalue weighted by Gasteiger charge is 2.33. The van der Waals surface area contributed by atoms with Gasteiger partial charge in [0, 0.05) is 33.5 Å². The molecule has 0 bridgehead atoms. The highest BCUT2D eigenvalue weighted by molar-refractivity contribution is 9.10. The quantitative estimate of drug-likeness (QED) is 0.743. The number of thiophene rings is 1. The fraction of sp³-hybridized carbons (Fsp3) is 0.429. The van der Waals surface area contributed by atoms with E-state index in [1.165, 1.54) is 0 Å². The van der Waals surface area contributed by atoms with E-state index in [1.807, 2.05) is 23.3 Å². The standard InChI is InChI=1S/C14H16BrN3O2S2/c1-8-11(13(19)18-2-4-20-5-3-18)12(17-14(21)16-8)10-6-9(15)7-22-10/h6-7,12H,2-5H2,1H3,(H2,16,17,21). The first-order chi connectivity index (χ1) is 10.6. The topological polar surface area (TPSA) is 53.6 Å². The summed E-state index contributed by atoms with van der Waals surface area (Å²) in [5.41, 5.74) is 1.54. The fourth-order valence-corrected chi connectivity index (χ4v) is 4.38. The number of allylic oxidation sites excluding steroid dienone is 1. The average molecular weight is 402 g/mol. The minimum Gasteiger partial charge on any atom is -0.378 e. The Kier molecular flexibility index (Phi) is 4.82. The summed E-state index contributed by atoms with van der Waals surface area (Å²) in [5, 5.41) is 8.84. The highest BCUT2D eigenvalue weighted by atomic mass is 79.9. The second kappa shape index (κ2) is 6.66. The van der Waals surface area contributed by atoms with Crippen LogP contribution in [0.3, 0.4) is 0 Å². The average Bonchev–Trinajstić information content (AvgIpc) is 2.93. The van der Waals surface area contributed by atoms with Crippen molar-refractivity contribution in [3.8, 4) is 0 Å². The third-order valence-corrected chi connectivity index (χ3v) is 5.65. The SMILES string of the molecule is CC1=C(C(=O)N2CCOCC2)C(c2cc(Br)cs2)NC(=S)N1. The summed E-state index contributed by atoms with van der Waals surface area (Å²) < 4.78 is 6.34. The van der Waals surface area contributed by atoms with Gasteiger partial charge in [-0.15, -0.1) is 11.3 Å². The lowest BCUT2D eigenvalue weighted by atomic mass is 10.00. The van der Waals surface area contributed by atoms with Crippen molar-refractivity contribution in [2.24, 2.45) is 0 Å². The summed E-state index contributed by atoms with van der Waals surface area (Å²) in [4.78, 5) is 15.8. The summed E-state index contributed by atoms with van der Waals surface area (Å²) in [6, 6.07) is 1.82. The molecule has 2 aliphatic heterocycles. The van der Waals surface area contributed by atoms with Crippen LogP contribution in [-0.2, 0) is 9.53 Å². The van der Waals surface area contributed by atoms with E-state index >= 15 is 0 Å². The molecule has 22 heavy (non-hydrogen) atoms. The number of carbonyl (C=O) groups is 1. The Morgan fingerprint density at radius 1 is 1.50 bits per heavy atom. The molecule has 1 amide bonds. The maximum atomic E-state index is 12.9. The summed E-state index contributed by atoms with van der Waals surface area (Å²) in [6.45, 7) is 4.33. The highest BCUT2D eigenvalue weighted by Crippen LogP contribution is 2.33. The normalized spacial score (nSPS) is 22.4. The Balaban J connectivity index is 1.94. The van der Waals surface area contributed by atoms with Crippen LogP contribution < -0.4 is 10.6 Å². The van der Waals surface area contributed by atoms with Crippen molar-refractivity contribution in [3.05, 3.63) is 32.1 Å². The molecule has 8 heteroatoms. The van der Waals surface area contributed by atoms with Gasteiger partial charge in [0.25, 0.3) is 5.91 Å². The molecule has 1 atom stereocenters. The first kappa shape index (κ1) is 15.9. The smallest absolute Gasteiger partial charge is 0.254 e. The van der Waals surface area contributed by atoms with Crippen LogP contribution in [0, 0.1) is 0 Å². The van der Waals surface area contributed by atoms with Crippen LogP contribution >= 0.6 is 39.5 Å². The summed E-state index contributed by atoms with van der Waals surface area (Å²) in [6.07, 6.45) is 0. The number of thiocarbonyl (C=S) groups is 1. The van der Waals surface area contributed by atoms with Crippen molar-refractivity contribution < 1.29 is 9.53 Å². The molecule has 0 spiro atoms. The van der Waals surface area contributed by atoms with Gasteiger partial charge in [-0.25, -0.2) is 0 Å². The van der Waals surface area contributed by atoms with Crippen molar-refractivity contribution in [2.45, 2.75) is 13.0 Å². The zero-order valence-electron chi connectivity index (χ0n) is 12.0. The molecule has 1 fully saturated rings. The number of nitrogens with zero attached hydrogens (tertiary/aromatic N) is 1. The van der Waals surface area contributed by atoms with Crippen molar-refractivity contribution in [2.75, 3.05) is 26.3 Å². The number of hydrogen-bond acceptors (Lipinski definition) is 4. The van der Waals surface area contributed by atoms with Gasteiger partial charge in [-0.2, -0.15) is 0 Å². The van der Waals surface area contributed by atoms with Gasteiger partial charge in [-0.1, -0.05) is 0 Å². The summed E-state index contributed by atoms with van der Waals surface area (Å²) in [5.74, 6) is 0.0397. The van der Waals surface area contributed by atoms with Gasteiger partial charge in [0.15, 0.2) is 5.11 Å². The number of carbonyl (C=O) groups excluding carboxylic acids is 1. The van der Waals surface area contributed by atoms with Gasteiger partial charge in [-0.3, -0.25) is 4.79 Å². The zero-order chi connectivity index (χ0) is 15.7. The van der Waals surface area contributed by atoms with Crippen LogP contribution in [0.2, 0.25) is 0 Å². The third-order valence-electron chi connectivity index (χ3n) is 3.67. The zero-order valence-corrected chi connectivity index (χ0v) is 15.2. The van der Waals surface area contributed by atoms with E-state index in [0.29, 0.717) is 31.4 Å². The molecular weight excluding hydrogens is 386 g/mol. The van der Waals surface area contributed by atoms with E-state index in [-0.39, 0.29) is 11.9 Å². The Morgan fingerprint density at radius 2 is 2.23 bits per heavy atom. The number of nitrogens with one attached hydrogen (secondary N) is 2. The van der Waals surface area contributed by atoms with Crippen LogP contribution in [0.4, 0.5) is 0 Å². The molecule has 0 saturated carbocycles. The van der Waals surface area contributed by atoms with Gasteiger partial charge in [0.05, 0.1) is 24.8 Å². The molecule has 3 heterocycles. The molecular formula is C14H16BrN3O2S2. The van der Waals surface area contributed by atoms with Crippen LogP contribution in [-0.4, -0.2) is 42.2 Å². The van der Waals surface area contributed by atoms with Gasteiger partial charge in [0.2, 0.25) is 0 Å². The van der Waals surface area contributed by atoms with Gasteiger partial charge in [-0.05, 0) is 41.1 Å². The van der Waals surface area contributed by atoms with Crippen LogP contribution in [0.25, 0.3) is 0 Å². The largest absolute Gasteiger partial charge is 0.378 e. The van der Waals surface area contributed by atoms with Crippen molar-refractivity contribution in [1.29, 1.82) is 0 Å². The van der Waals surface area contributed by atoms with Crippen molar-refractivity contribution in [3.63, 3.8) is 0 Å². The fourth-order valence-electron chi connectivity index (χ4n) is 2.61. The Morgan fingerprint density at radius 3 is 2.86 bits per heavy atom. The number of morpholine rings is 1. The molecule has 5 nitrogen and oxygen atoms in total. The molecule has 1 saturated heterocycles. The molecule has 1 unspecified atom stereocenters. The summed E-state index contributed by atoms with van der Waals surface area (Å²) >= 11 is 10.3. The number of rotatable bonds is 2. The summed E-state index contributed by atoms with van der Waals surface area (Å²) in [7, 11) is 0. The van der Waals surface area contributed by atoms with E-state index in [9.17, 15) is 4.79 Å². The van der Waals surface area contributed by atoms with Crippen LogP contribution in [0.15, 0.2) is 27.2 Å². The molecule has 2 N–H and O–H groups in total. The predicted molar refractivity (Wildman–Crippen MR) is 93.7 cm³/mol. The predicted octanol–water partition coefficient (Wildman–Crippen LogP) is 2.16. The van der Waals surface area contributed by atoms with E-state index < -0.39 is 0 Å². The lowest BCUT2D eigenvalue weighted by Crippen LogP contribution is -2.49. The molecule has 2 aliphatic rings. The maximum absolute atomic E-state index is 12.9. The number of ether oxygens (including phenoxy) is 1. The van der Waals surface area contributed by atoms with Gasteiger partial charge >= 0.3 is 0 Å². The molecule has 1 aromatic rings. The minimum absolute atomic E-state index is 0.0397. The Labute approximate surface area is 146 Å². The first-order valence-corrected chi connectivity index (χ1v) is 9.03. The van der Waals surface area contributed by atoms with Crippen LogP contribution in [0.5, 0.6) is 0 Å². The first-order valence-electron chi connectivity index (χ1n) is 6.95. The third kappa shape index (κ3) is 3.19. The molecule has 1 aromatic heterocycles. The Hall–Kier alpha value is -0.960.